The van der Waals surface area contributed by atoms with Crippen molar-refractivity contribution in [3.63, 3.8) is 0 Å². The van der Waals surface area contributed by atoms with Crippen LogP contribution in [0.2, 0.25) is 5.02 Å². The zero-order chi connectivity index (χ0) is 17.0. The van der Waals surface area contributed by atoms with Gasteiger partial charge in [0.2, 0.25) is 0 Å². The number of carbonyl (C=O) groups is 1. The first-order valence-corrected chi connectivity index (χ1v) is 7.66. The Morgan fingerprint density at radius 3 is 2.52 bits per heavy atom. The fourth-order valence-corrected chi connectivity index (χ4v) is 2.14. The van der Waals surface area contributed by atoms with Crippen LogP contribution in [0.25, 0.3) is 0 Å². The number of urea groups is 1. The third-order valence-corrected chi connectivity index (χ3v) is 3.54. The van der Waals surface area contributed by atoms with Crippen LogP contribution in [0, 0.1) is 0 Å². The summed E-state index contributed by atoms with van der Waals surface area (Å²) in [6, 6.07) is 6.04. The van der Waals surface area contributed by atoms with Gasteiger partial charge < -0.3 is 15.7 Å². The molecule has 0 saturated heterocycles. The van der Waals surface area contributed by atoms with Gasteiger partial charge in [-0.2, -0.15) is 5.10 Å². The molecule has 1 atom stereocenters. The molecule has 2 aromatic rings. The highest BCUT2D eigenvalue weighted by atomic mass is 35.5. The van der Waals surface area contributed by atoms with E-state index in [9.17, 15) is 9.90 Å². The van der Waals surface area contributed by atoms with Crippen molar-refractivity contribution < 1.29 is 9.90 Å². The van der Waals surface area contributed by atoms with Crippen molar-refractivity contribution >= 4 is 23.3 Å². The minimum Gasteiger partial charge on any atom is -0.394 e. The average molecular weight is 337 g/mol. The van der Waals surface area contributed by atoms with Gasteiger partial charge in [-0.25, -0.2) is 4.79 Å². The zero-order valence-corrected chi connectivity index (χ0v) is 14.1. The maximum atomic E-state index is 12.1. The van der Waals surface area contributed by atoms with E-state index in [2.05, 4.69) is 15.7 Å². The predicted octanol–water partition coefficient (Wildman–Crippen LogP) is 3.15. The lowest BCUT2D eigenvalue weighted by atomic mass is 10.1. The number of rotatable bonds is 4. The largest absolute Gasteiger partial charge is 0.394 e. The lowest BCUT2D eigenvalue weighted by molar-refractivity contribution is 0.225. The van der Waals surface area contributed by atoms with Gasteiger partial charge in [-0.05, 0) is 38.5 Å². The summed E-state index contributed by atoms with van der Waals surface area (Å²) in [6.45, 7) is 5.85. The van der Waals surface area contributed by atoms with E-state index in [0.29, 0.717) is 10.7 Å². The Bertz CT molecular complexity index is 661. The van der Waals surface area contributed by atoms with Gasteiger partial charge in [0.15, 0.2) is 0 Å². The van der Waals surface area contributed by atoms with Gasteiger partial charge in [0.05, 0.1) is 30.1 Å². The van der Waals surface area contributed by atoms with Crippen LogP contribution in [-0.4, -0.2) is 27.5 Å². The summed E-state index contributed by atoms with van der Waals surface area (Å²) in [5.74, 6) is 0. The first-order valence-electron chi connectivity index (χ1n) is 7.28. The van der Waals surface area contributed by atoms with Crippen LogP contribution < -0.4 is 10.6 Å². The number of hydrogen-bond acceptors (Lipinski definition) is 3. The molecule has 0 aliphatic heterocycles. The first-order chi connectivity index (χ1) is 10.8. The van der Waals surface area contributed by atoms with E-state index in [0.717, 1.165) is 5.56 Å². The maximum Gasteiger partial charge on any atom is 0.319 e. The molecule has 0 saturated carbocycles. The van der Waals surface area contributed by atoms with E-state index in [1.807, 2.05) is 20.8 Å². The minimum absolute atomic E-state index is 0.159. The molecule has 1 aromatic carbocycles. The van der Waals surface area contributed by atoms with Crippen molar-refractivity contribution in [1.82, 2.24) is 15.1 Å². The summed E-state index contributed by atoms with van der Waals surface area (Å²) in [7, 11) is 0. The number of halogens is 1. The SMILES string of the molecule is CC(C)(C)n1cc(NC(=O)NC(CO)c2ccc(Cl)cc2)cn1. The Labute approximate surface area is 140 Å². The average Bonchev–Trinajstić information content (AvgIpc) is 2.94. The Morgan fingerprint density at radius 2 is 2.00 bits per heavy atom. The number of aliphatic hydroxyl groups is 1. The lowest BCUT2D eigenvalue weighted by Crippen LogP contribution is -2.34. The van der Waals surface area contributed by atoms with Gasteiger partial charge in [0, 0.05) is 11.2 Å². The molecule has 7 heteroatoms. The van der Waals surface area contributed by atoms with Crippen molar-refractivity contribution in [2.24, 2.45) is 0 Å². The van der Waals surface area contributed by atoms with Crippen LogP contribution in [0.3, 0.4) is 0 Å². The van der Waals surface area contributed by atoms with E-state index >= 15 is 0 Å². The number of anilines is 1. The molecule has 0 fully saturated rings. The van der Waals surface area contributed by atoms with E-state index in [1.165, 1.54) is 0 Å². The number of hydrogen-bond donors (Lipinski definition) is 3. The molecular weight excluding hydrogens is 316 g/mol. The van der Waals surface area contributed by atoms with Gasteiger partial charge >= 0.3 is 6.03 Å². The molecule has 0 bridgehead atoms. The van der Waals surface area contributed by atoms with E-state index in [1.54, 1.807) is 41.3 Å². The quantitative estimate of drug-likeness (QED) is 0.802. The molecule has 23 heavy (non-hydrogen) atoms. The molecule has 1 heterocycles. The number of aliphatic hydroxyl groups excluding tert-OH is 1. The zero-order valence-electron chi connectivity index (χ0n) is 13.4. The molecule has 0 aliphatic rings. The number of benzene rings is 1. The summed E-state index contributed by atoms with van der Waals surface area (Å²) in [4.78, 5) is 12.1. The van der Waals surface area contributed by atoms with Gasteiger partial charge in [-0.3, -0.25) is 4.68 Å². The molecule has 0 radical (unpaired) electrons. The Morgan fingerprint density at radius 1 is 1.35 bits per heavy atom. The first kappa shape index (κ1) is 17.3. The number of carbonyl (C=O) groups excluding carboxylic acids is 1. The number of amides is 2. The molecule has 1 unspecified atom stereocenters. The highest BCUT2D eigenvalue weighted by molar-refractivity contribution is 6.30. The van der Waals surface area contributed by atoms with E-state index in [-0.39, 0.29) is 12.1 Å². The predicted molar refractivity (Wildman–Crippen MR) is 90.7 cm³/mol. The third-order valence-electron chi connectivity index (χ3n) is 3.29. The van der Waals surface area contributed by atoms with Gasteiger partial charge in [0.25, 0.3) is 0 Å². The summed E-state index contributed by atoms with van der Waals surface area (Å²) in [5.41, 5.74) is 1.20. The highest BCUT2D eigenvalue weighted by Crippen LogP contribution is 2.18. The van der Waals surface area contributed by atoms with Gasteiger partial charge in [-0.15, -0.1) is 0 Å². The molecule has 2 rings (SSSR count). The van der Waals surface area contributed by atoms with Crippen LogP contribution in [-0.2, 0) is 5.54 Å². The molecule has 124 valence electrons. The molecule has 0 spiro atoms. The number of nitrogens with zero attached hydrogens (tertiary/aromatic N) is 2. The summed E-state index contributed by atoms with van der Waals surface area (Å²) < 4.78 is 1.77. The van der Waals surface area contributed by atoms with Gasteiger partial charge in [0.1, 0.15) is 0 Å². The highest BCUT2D eigenvalue weighted by Gasteiger charge is 2.17. The Hall–Kier alpha value is -2.05. The van der Waals surface area contributed by atoms with Crippen LogP contribution in [0.1, 0.15) is 32.4 Å². The lowest BCUT2D eigenvalue weighted by Gasteiger charge is -2.19. The monoisotopic (exact) mass is 336 g/mol. The molecule has 0 aliphatic carbocycles. The van der Waals surface area contributed by atoms with Gasteiger partial charge in [-0.1, -0.05) is 23.7 Å². The van der Waals surface area contributed by atoms with Crippen molar-refractivity contribution in [1.29, 1.82) is 0 Å². The van der Waals surface area contributed by atoms with Crippen LogP contribution in [0.15, 0.2) is 36.7 Å². The third kappa shape index (κ3) is 4.71. The molecule has 3 N–H and O–H groups in total. The number of aromatic nitrogens is 2. The fraction of sp³-hybridized carbons (Fsp3) is 0.375. The van der Waals surface area contributed by atoms with Crippen LogP contribution in [0.5, 0.6) is 0 Å². The smallest absolute Gasteiger partial charge is 0.319 e. The molecule has 6 nitrogen and oxygen atoms in total. The molecule has 2 amide bonds. The van der Waals surface area contributed by atoms with E-state index in [4.69, 9.17) is 11.6 Å². The summed E-state index contributed by atoms with van der Waals surface area (Å²) in [5, 5.41) is 19.7. The standard InChI is InChI=1S/C16H21ClN4O2/c1-16(2,3)21-9-13(8-18-21)19-15(23)20-14(10-22)11-4-6-12(17)7-5-11/h4-9,14,22H,10H2,1-3H3,(H2,19,20,23). The number of nitrogens with one attached hydrogen (secondary N) is 2. The van der Waals surface area contributed by atoms with E-state index < -0.39 is 12.1 Å². The van der Waals surface area contributed by atoms with Crippen LogP contribution >= 0.6 is 11.6 Å². The second-order valence-corrected chi connectivity index (χ2v) is 6.67. The Kier molecular flexibility index (Phi) is 5.28. The summed E-state index contributed by atoms with van der Waals surface area (Å²) >= 11 is 5.84. The second kappa shape index (κ2) is 7.02. The van der Waals surface area contributed by atoms with Crippen molar-refractivity contribution in [2.45, 2.75) is 32.4 Å². The maximum absolute atomic E-state index is 12.1. The topological polar surface area (TPSA) is 79.2 Å². The van der Waals surface area contributed by atoms with Crippen molar-refractivity contribution in [2.75, 3.05) is 11.9 Å². The summed E-state index contributed by atoms with van der Waals surface area (Å²) in [6.07, 6.45) is 3.34. The molecular formula is C16H21ClN4O2. The normalized spacial score (nSPS) is 12.7. The van der Waals surface area contributed by atoms with Crippen molar-refractivity contribution in [3.8, 4) is 0 Å². The Balaban J connectivity index is 2.00. The van der Waals surface area contributed by atoms with Crippen LogP contribution in [0.4, 0.5) is 10.5 Å². The minimum atomic E-state index is -0.509. The van der Waals surface area contributed by atoms with Crippen molar-refractivity contribution in [3.05, 3.63) is 47.2 Å². The molecule has 1 aromatic heterocycles. The fourth-order valence-electron chi connectivity index (χ4n) is 2.01. The second-order valence-electron chi connectivity index (χ2n) is 6.23.